The smallest absolute Gasteiger partial charge is 0.260 e. The van der Waals surface area contributed by atoms with E-state index in [4.69, 9.17) is 14.5 Å². The summed E-state index contributed by atoms with van der Waals surface area (Å²) in [6.45, 7) is 6.41. The van der Waals surface area contributed by atoms with E-state index in [1.54, 1.807) is 12.0 Å². The highest BCUT2D eigenvalue weighted by Gasteiger charge is 2.23. The minimum Gasteiger partial charge on any atom is -0.494 e. The van der Waals surface area contributed by atoms with Gasteiger partial charge >= 0.3 is 0 Å². The van der Waals surface area contributed by atoms with Crippen LogP contribution in [-0.2, 0) is 0 Å². The molecule has 0 saturated carbocycles. The van der Waals surface area contributed by atoms with Crippen molar-refractivity contribution < 1.29 is 14.3 Å². The number of hydrogen-bond acceptors (Lipinski definition) is 6. The minimum atomic E-state index is -0.0537. The predicted molar refractivity (Wildman–Crippen MR) is 137 cm³/mol. The topological polar surface area (TPSA) is 54.9 Å². The maximum absolute atomic E-state index is 13.6. The molecular formula is C26H35N3O3S. The zero-order chi connectivity index (χ0) is 23.8. The molecule has 1 heterocycles. The Morgan fingerprint density at radius 2 is 1.79 bits per heavy atom. The Morgan fingerprint density at radius 1 is 1.03 bits per heavy atom. The Bertz CT molecular complexity index is 1050. The lowest BCUT2D eigenvalue weighted by Crippen LogP contribution is -2.33. The Hall–Kier alpha value is -2.64. The summed E-state index contributed by atoms with van der Waals surface area (Å²) in [5.74, 6) is 1.47. The van der Waals surface area contributed by atoms with Crippen molar-refractivity contribution in [1.29, 1.82) is 0 Å². The van der Waals surface area contributed by atoms with Crippen molar-refractivity contribution in [3.05, 3.63) is 47.5 Å². The molecule has 3 rings (SSSR count). The minimum absolute atomic E-state index is 0.0537. The van der Waals surface area contributed by atoms with Gasteiger partial charge in [0.05, 0.1) is 18.4 Å². The molecule has 0 unspecified atom stereocenters. The fourth-order valence-corrected chi connectivity index (χ4v) is 4.68. The number of carbonyl (C=O) groups excluding carboxylic acids is 1. The summed E-state index contributed by atoms with van der Waals surface area (Å²) in [5.41, 5.74) is 2.56. The summed E-state index contributed by atoms with van der Waals surface area (Å²) in [6, 6.07) is 11.4. The summed E-state index contributed by atoms with van der Waals surface area (Å²) < 4.78 is 12.4. The molecule has 0 aliphatic heterocycles. The van der Waals surface area contributed by atoms with Gasteiger partial charge in [-0.25, -0.2) is 4.98 Å². The van der Waals surface area contributed by atoms with Crippen LogP contribution in [0.15, 0.2) is 36.4 Å². The van der Waals surface area contributed by atoms with Gasteiger partial charge in [0.2, 0.25) is 0 Å². The number of methoxy groups -OCH3 is 1. The third-order valence-corrected chi connectivity index (χ3v) is 6.71. The molecule has 0 N–H and O–H groups in total. The zero-order valence-electron chi connectivity index (χ0n) is 20.4. The van der Waals surface area contributed by atoms with E-state index < -0.39 is 0 Å². The third kappa shape index (κ3) is 6.45. The first kappa shape index (κ1) is 25.0. The van der Waals surface area contributed by atoms with Crippen molar-refractivity contribution >= 4 is 32.6 Å². The fourth-order valence-electron chi connectivity index (χ4n) is 3.60. The largest absolute Gasteiger partial charge is 0.494 e. The number of benzene rings is 2. The number of amides is 1. The number of nitrogens with zero attached hydrogens (tertiary/aromatic N) is 3. The quantitative estimate of drug-likeness (QED) is 0.315. The molecule has 0 atom stereocenters. The normalized spacial score (nSPS) is 11.2. The van der Waals surface area contributed by atoms with Gasteiger partial charge in [0.15, 0.2) is 5.13 Å². The highest BCUT2D eigenvalue weighted by molar-refractivity contribution is 7.22. The van der Waals surface area contributed by atoms with E-state index in [2.05, 4.69) is 18.7 Å². The molecule has 0 bridgehead atoms. The van der Waals surface area contributed by atoms with Gasteiger partial charge in [-0.1, -0.05) is 37.2 Å². The molecule has 178 valence electrons. The third-order valence-electron chi connectivity index (χ3n) is 5.49. The fraction of sp³-hybridized carbons (Fsp3) is 0.462. The van der Waals surface area contributed by atoms with E-state index >= 15 is 0 Å². The average Bonchev–Trinajstić information content (AvgIpc) is 3.26. The van der Waals surface area contributed by atoms with E-state index in [1.807, 2.05) is 50.5 Å². The number of rotatable bonds is 12. The van der Waals surface area contributed by atoms with Gasteiger partial charge in [0.1, 0.15) is 17.0 Å². The number of carbonyl (C=O) groups is 1. The van der Waals surface area contributed by atoms with Crippen molar-refractivity contribution in [2.24, 2.45) is 0 Å². The molecule has 0 saturated heterocycles. The SMILES string of the molecule is CCCCCOc1ccc(C(=O)N(CCCN(C)C)c2nc3c(OC)ccc(C)c3s2)cc1. The molecule has 3 aromatic rings. The molecule has 0 aliphatic rings. The number of thiazole rings is 1. The number of fused-ring (bicyclic) bond motifs is 1. The predicted octanol–water partition coefficient (Wildman–Crippen LogP) is 5.78. The van der Waals surface area contributed by atoms with Crippen LogP contribution in [-0.4, -0.2) is 56.7 Å². The van der Waals surface area contributed by atoms with Gasteiger partial charge in [-0.2, -0.15) is 0 Å². The number of aryl methyl sites for hydroxylation is 1. The maximum atomic E-state index is 13.6. The van der Waals surface area contributed by atoms with Crippen molar-refractivity contribution in [2.75, 3.05) is 45.8 Å². The van der Waals surface area contributed by atoms with Crippen LogP contribution in [0, 0.1) is 6.92 Å². The lowest BCUT2D eigenvalue weighted by Gasteiger charge is -2.21. The first-order chi connectivity index (χ1) is 15.9. The van der Waals surface area contributed by atoms with Crippen LogP contribution < -0.4 is 14.4 Å². The van der Waals surface area contributed by atoms with Crippen molar-refractivity contribution in [1.82, 2.24) is 9.88 Å². The second-order valence-corrected chi connectivity index (χ2v) is 9.43. The standard InChI is InChI=1S/C26H35N3O3S/c1-6-7-8-18-32-21-13-11-20(12-14-21)25(30)29(17-9-16-28(3)4)26-27-23-22(31-5)15-10-19(2)24(23)33-26/h10-15H,6-9,16-18H2,1-5H3. The molecule has 1 amide bonds. The Balaban J connectivity index is 1.85. The molecule has 33 heavy (non-hydrogen) atoms. The van der Waals surface area contributed by atoms with Crippen LogP contribution >= 0.6 is 11.3 Å². The monoisotopic (exact) mass is 469 g/mol. The second-order valence-electron chi connectivity index (χ2n) is 8.45. The Kier molecular flexibility index (Phi) is 9.09. The lowest BCUT2D eigenvalue weighted by molar-refractivity contribution is 0.0986. The second kappa shape index (κ2) is 12.0. The average molecular weight is 470 g/mol. The van der Waals surface area contributed by atoms with Crippen LogP contribution in [0.1, 0.15) is 48.5 Å². The molecule has 7 heteroatoms. The molecule has 0 radical (unpaired) electrons. The van der Waals surface area contributed by atoms with Gasteiger partial charge in [-0.3, -0.25) is 9.69 Å². The van der Waals surface area contributed by atoms with Crippen molar-refractivity contribution in [3.63, 3.8) is 0 Å². The van der Waals surface area contributed by atoms with Gasteiger partial charge < -0.3 is 14.4 Å². The molecule has 0 fully saturated rings. The van der Waals surface area contributed by atoms with Crippen LogP contribution in [0.5, 0.6) is 11.5 Å². The molecule has 0 spiro atoms. The van der Waals surface area contributed by atoms with E-state index in [-0.39, 0.29) is 5.91 Å². The number of unbranched alkanes of at least 4 members (excludes halogenated alkanes) is 2. The first-order valence-corrected chi connectivity index (χ1v) is 12.4. The van der Waals surface area contributed by atoms with Crippen LogP contribution in [0.4, 0.5) is 5.13 Å². The first-order valence-electron chi connectivity index (χ1n) is 11.6. The summed E-state index contributed by atoms with van der Waals surface area (Å²) in [7, 11) is 5.73. The van der Waals surface area contributed by atoms with Crippen LogP contribution in [0.25, 0.3) is 10.2 Å². The van der Waals surface area contributed by atoms with Gasteiger partial charge in [-0.15, -0.1) is 0 Å². The number of aromatic nitrogens is 1. The van der Waals surface area contributed by atoms with E-state index in [1.165, 1.54) is 11.3 Å². The van der Waals surface area contributed by atoms with Gasteiger partial charge in [-0.05, 0) is 76.3 Å². The van der Waals surface area contributed by atoms with Crippen LogP contribution in [0.3, 0.4) is 0 Å². The van der Waals surface area contributed by atoms with E-state index in [0.29, 0.717) is 23.8 Å². The molecule has 1 aromatic heterocycles. The summed E-state index contributed by atoms with van der Waals surface area (Å²) in [6.07, 6.45) is 4.21. The van der Waals surface area contributed by atoms with Crippen LogP contribution in [0.2, 0.25) is 0 Å². The number of anilines is 1. The van der Waals surface area contributed by atoms with E-state index in [0.717, 1.165) is 59.5 Å². The molecular weight excluding hydrogens is 434 g/mol. The number of hydrogen-bond donors (Lipinski definition) is 0. The molecule has 6 nitrogen and oxygen atoms in total. The van der Waals surface area contributed by atoms with Crippen molar-refractivity contribution in [3.8, 4) is 11.5 Å². The lowest BCUT2D eigenvalue weighted by atomic mass is 10.2. The Labute approximate surface area is 201 Å². The molecule has 0 aliphatic carbocycles. The summed E-state index contributed by atoms with van der Waals surface area (Å²) >= 11 is 1.54. The summed E-state index contributed by atoms with van der Waals surface area (Å²) in [4.78, 5) is 22.3. The zero-order valence-corrected chi connectivity index (χ0v) is 21.2. The molecule has 2 aromatic carbocycles. The van der Waals surface area contributed by atoms with E-state index in [9.17, 15) is 4.79 Å². The maximum Gasteiger partial charge on any atom is 0.260 e. The van der Waals surface area contributed by atoms with Gasteiger partial charge in [0.25, 0.3) is 5.91 Å². The number of ether oxygens (including phenoxy) is 2. The highest BCUT2D eigenvalue weighted by atomic mass is 32.1. The van der Waals surface area contributed by atoms with Gasteiger partial charge in [0, 0.05) is 12.1 Å². The van der Waals surface area contributed by atoms with Crippen molar-refractivity contribution in [2.45, 2.75) is 39.5 Å². The highest BCUT2D eigenvalue weighted by Crippen LogP contribution is 2.37. The summed E-state index contributed by atoms with van der Waals surface area (Å²) in [5, 5.41) is 0.696. The Morgan fingerprint density at radius 3 is 2.45 bits per heavy atom.